The molecule has 0 aliphatic heterocycles. The molecule has 2 rings (SSSR count). The summed E-state index contributed by atoms with van der Waals surface area (Å²) in [5, 5.41) is 2.68. The van der Waals surface area contributed by atoms with Crippen LogP contribution in [0.2, 0.25) is 0 Å². The van der Waals surface area contributed by atoms with Crippen LogP contribution in [0.3, 0.4) is 0 Å². The number of anilines is 1. The minimum Gasteiger partial charge on any atom is -0.446 e. The molecule has 4 heteroatoms. The zero-order chi connectivity index (χ0) is 13.5. The van der Waals surface area contributed by atoms with Crippen molar-refractivity contribution in [3.05, 3.63) is 30.3 Å². The largest absolute Gasteiger partial charge is 0.446 e. The van der Waals surface area contributed by atoms with Gasteiger partial charge in [-0.15, -0.1) is 0 Å². The van der Waals surface area contributed by atoms with Gasteiger partial charge in [-0.2, -0.15) is 0 Å². The SMILES string of the molecule is O=C(Nc1ccccc1)OC1CCCCC(F)CC1. The zero-order valence-electron chi connectivity index (χ0n) is 11.0. The first-order valence-electron chi connectivity index (χ1n) is 6.91. The highest BCUT2D eigenvalue weighted by Crippen LogP contribution is 2.22. The molecule has 2 unspecified atom stereocenters. The average molecular weight is 265 g/mol. The summed E-state index contributed by atoms with van der Waals surface area (Å²) in [5.41, 5.74) is 0.710. The molecule has 1 fully saturated rings. The van der Waals surface area contributed by atoms with E-state index in [0.29, 0.717) is 24.9 Å². The van der Waals surface area contributed by atoms with Crippen LogP contribution in [0.15, 0.2) is 30.3 Å². The van der Waals surface area contributed by atoms with Gasteiger partial charge >= 0.3 is 6.09 Å². The molecule has 3 nitrogen and oxygen atoms in total. The van der Waals surface area contributed by atoms with E-state index in [1.54, 1.807) is 12.1 Å². The van der Waals surface area contributed by atoms with Crippen LogP contribution in [-0.2, 0) is 4.74 Å². The van der Waals surface area contributed by atoms with Crippen LogP contribution >= 0.6 is 0 Å². The summed E-state index contributed by atoms with van der Waals surface area (Å²) < 4.78 is 18.7. The number of benzene rings is 1. The predicted molar refractivity (Wildman–Crippen MR) is 72.9 cm³/mol. The van der Waals surface area contributed by atoms with Gasteiger partial charge in [0.2, 0.25) is 0 Å². The Morgan fingerprint density at radius 3 is 2.63 bits per heavy atom. The average Bonchev–Trinajstić information content (AvgIpc) is 2.39. The molecule has 1 N–H and O–H groups in total. The third-order valence-electron chi connectivity index (χ3n) is 3.39. The van der Waals surface area contributed by atoms with Crippen LogP contribution in [0.1, 0.15) is 38.5 Å². The van der Waals surface area contributed by atoms with Crippen molar-refractivity contribution >= 4 is 11.8 Å². The fourth-order valence-corrected chi connectivity index (χ4v) is 2.33. The van der Waals surface area contributed by atoms with E-state index in [-0.39, 0.29) is 6.10 Å². The fourth-order valence-electron chi connectivity index (χ4n) is 2.33. The van der Waals surface area contributed by atoms with Gasteiger partial charge in [0.25, 0.3) is 0 Å². The van der Waals surface area contributed by atoms with Crippen molar-refractivity contribution in [3.8, 4) is 0 Å². The number of halogens is 1. The highest BCUT2D eigenvalue weighted by Gasteiger charge is 2.19. The summed E-state index contributed by atoms with van der Waals surface area (Å²) >= 11 is 0. The first-order valence-corrected chi connectivity index (χ1v) is 6.91. The molecule has 1 saturated carbocycles. The second-order valence-electron chi connectivity index (χ2n) is 4.98. The summed E-state index contributed by atoms with van der Waals surface area (Å²) in [4.78, 5) is 11.7. The van der Waals surface area contributed by atoms with E-state index >= 15 is 0 Å². The highest BCUT2D eigenvalue weighted by atomic mass is 19.1. The normalized spacial score (nSPS) is 24.1. The molecule has 0 bridgehead atoms. The lowest BCUT2D eigenvalue weighted by Gasteiger charge is -2.21. The topological polar surface area (TPSA) is 38.3 Å². The smallest absolute Gasteiger partial charge is 0.411 e. The lowest BCUT2D eigenvalue weighted by Crippen LogP contribution is -2.24. The molecular formula is C15H20FNO2. The van der Waals surface area contributed by atoms with Crippen molar-refractivity contribution in [1.82, 2.24) is 0 Å². The van der Waals surface area contributed by atoms with Gasteiger partial charge in [-0.1, -0.05) is 24.6 Å². The van der Waals surface area contributed by atoms with Gasteiger partial charge in [0, 0.05) is 5.69 Å². The van der Waals surface area contributed by atoms with E-state index in [2.05, 4.69) is 5.32 Å². The summed E-state index contributed by atoms with van der Waals surface area (Å²) in [7, 11) is 0. The van der Waals surface area contributed by atoms with Gasteiger partial charge in [-0.05, 0) is 44.2 Å². The number of ether oxygens (including phenoxy) is 1. The Balaban J connectivity index is 1.80. The quantitative estimate of drug-likeness (QED) is 0.866. The predicted octanol–water partition coefficient (Wildman–Crippen LogP) is 4.30. The molecule has 0 aromatic heterocycles. The number of alkyl halides is 1. The minimum absolute atomic E-state index is 0.165. The molecule has 2 atom stereocenters. The van der Waals surface area contributed by atoms with Crippen LogP contribution in [0.5, 0.6) is 0 Å². The first-order chi connectivity index (χ1) is 9.24. The van der Waals surface area contributed by atoms with Crippen molar-refractivity contribution < 1.29 is 13.9 Å². The molecule has 1 aromatic rings. The molecule has 19 heavy (non-hydrogen) atoms. The van der Waals surface area contributed by atoms with Crippen LogP contribution in [0.25, 0.3) is 0 Å². The van der Waals surface area contributed by atoms with Crippen molar-refractivity contribution in [2.24, 2.45) is 0 Å². The van der Waals surface area contributed by atoms with E-state index in [4.69, 9.17) is 4.74 Å². The lowest BCUT2D eigenvalue weighted by molar-refractivity contribution is 0.0838. The van der Waals surface area contributed by atoms with Gasteiger partial charge in [-0.25, -0.2) is 9.18 Å². The van der Waals surface area contributed by atoms with Crippen LogP contribution in [-0.4, -0.2) is 18.4 Å². The maximum Gasteiger partial charge on any atom is 0.411 e. The van der Waals surface area contributed by atoms with E-state index in [1.807, 2.05) is 18.2 Å². The third-order valence-corrected chi connectivity index (χ3v) is 3.39. The number of rotatable bonds is 2. The summed E-state index contributed by atoms with van der Waals surface area (Å²) in [6.07, 6.45) is 3.01. The Morgan fingerprint density at radius 2 is 1.84 bits per heavy atom. The Bertz CT molecular complexity index is 396. The number of para-hydroxylation sites is 1. The second-order valence-corrected chi connectivity index (χ2v) is 4.98. The van der Waals surface area contributed by atoms with Crippen molar-refractivity contribution in [2.45, 2.75) is 50.8 Å². The Morgan fingerprint density at radius 1 is 1.11 bits per heavy atom. The van der Waals surface area contributed by atoms with E-state index in [1.165, 1.54) is 0 Å². The standard InChI is InChI=1S/C15H20FNO2/c16-12-6-4-5-9-14(11-10-12)19-15(18)17-13-7-2-1-3-8-13/h1-3,7-8,12,14H,4-6,9-11H2,(H,17,18). The summed E-state index contributed by atoms with van der Waals surface area (Å²) in [6.45, 7) is 0. The van der Waals surface area contributed by atoms with E-state index < -0.39 is 12.3 Å². The van der Waals surface area contributed by atoms with E-state index in [9.17, 15) is 9.18 Å². The number of hydrogen-bond acceptors (Lipinski definition) is 2. The van der Waals surface area contributed by atoms with Gasteiger partial charge in [0.15, 0.2) is 0 Å². The van der Waals surface area contributed by atoms with Gasteiger partial charge in [0.05, 0.1) is 0 Å². The molecule has 0 spiro atoms. The molecule has 0 heterocycles. The summed E-state index contributed by atoms with van der Waals surface area (Å²) in [6, 6.07) is 9.18. The first kappa shape index (κ1) is 13.8. The molecule has 1 aliphatic carbocycles. The maximum atomic E-state index is 13.3. The molecule has 104 valence electrons. The van der Waals surface area contributed by atoms with E-state index in [0.717, 1.165) is 19.3 Å². The molecule has 0 saturated heterocycles. The Hall–Kier alpha value is -1.58. The summed E-state index contributed by atoms with van der Waals surface area (Å²) in [5.74, 6) is 0. The minimum atomic E-state index is -0.747. The van der Waals surface area contributed by atoms with Gasteiger partial charge in [0.1, 0.15) is 12.3 Å². The monoisotopic (exact) mass is 265 g/mol. The Labute approximate surface area is 113 Å². The highest BCUT2D eigenvalue weighted by molar-refractivity contribution is 5.84. The molecule has 1 amide bonds. The number of carbonyl (C=O) groups is 1. The van der Waals surface area contributed by atoms with Crippen molar-refractivity contribution in [2.75, 3.05) is 5.32 Å². The maximum absolute atomic E-state index is 13.3. The number of amides is 1. The molecule has 1 aliphatic rings. The van der Waals surface area contributed by atoms with Crippen LogP contribution in [0, 0.1) is 0 Å². The number of hydrogen-bond donors (Lipinski definition) is 1. The second kappa shape index (κ2) is 7.12. The van der Waals surface area contributed by atoms with Crippen molar-refractivity contribution in [1.29, 1.82) is 0 Å². The van der Waals surface area contributed by atoms with Gasteiger partial charge in [-0.3, -0.25) is 5.32 Å². The number of nitrogens with one attached hydrogen (secondary N) is 1. The van der Waals surface area contributed by atoms with Crippen LogP contribution < -0.4 is 5.32 Å². The third kappa shape index (κ3) is 4.89. The molecule has 0 radical (unpaired) electrons. The fraction of sp³-hybridized carbons (Fsp3) is 0.533. The molecule has 1 aromatic carbocycles. The number of carbonyl (C=O) groups excluding carboxylic acids is 1. The van der Waals surface area contributed by atoms with Crippen molar-refractivity contribution in [3.63, 3.8) is 0 Å². The molecular weight excluding hydrogens is 245 g/mol. The van der Waals surface area contributed by atoms with Gasteiger partial charge < -0.3 is 4.74 Å². The van der Waals surface area contributed by atoms with Crippen LogP contribution in [0.4, 0.5) is 14.9 Å². The zero-order valence-corrected chi connectivity index (χ0v) is 11.0. The lowest BCUT2D eigenvalue weighted by atomic mass is 9.97. The Kier molecular flexibility index (Phi) is 5.19.